The molecule has 1 fully saturated rings. The number of rotatable bonds is 4. The standard InChI is InChI=1S/C18H29N3/c1-20(2)13-15-7-10-21(11-8-15)14-17-5-3-4-16-12-19-9-6-18(16)17/h3-5,15,19H,6-14H2,1-2H3. The van der Waals surface area contributed by atoms with Gasteiger partial charge in [0.05, 0.1) is 0 Å². The molecule has 0 amide bonds. The predicted octanol–water partition coefficient (Wildman–Crippen LogP) is 2.11. The van der Waals surface area contributed by atoms with Gasteiger partial charge < -0.3 is 10.2 Å². The smallest absolute Gasteiger partial charge is 0.0236 e. The van der Waals surface area contributed by atoms with Crippen LogP contribution in [0, 0.1) is 5.92 Å². The van der Waals surface area contributed by atoms with Gasteiger partial charge in [0, 0.05) is 19.6 Å². The van der Waals surface area contributed by atoms with Crippen LogP contribution in [0.3, 0.4) is 0 Å². The molecule has 3 rings (SSSR count). The number of likely N-dealkylation sites (tertiary alicyclic amines) is 1. The molecular weight excluding hydrogens is 258 g/mol. The van der Waals surface area contributed by atoms with Gasteiger partial charge in [-0.1, -0.05) is 18.2 Å². The quantitative estimate of drug-likeness (QED) is 0.915. The molecule has 1 saturated heterocycles. The van der Waals surface area contributed by atoms with Gasteiger partial charge in [-0.2, -0.15) is 0 Å². The van der Waals surface area contributed by atoms with Gasteiger partial charge in [-0.3, -0.25) is 4.90 Å². The van der Waals surface area contributed by atoms with Crippen molar-refractivity contribution in [2.24, 2.45) is 5.92 Å². The Labute approximate surface area is 129 Å². The molecule has 0 unspecified atom stereocenters. The number of fused-ring (bicyclic) bond motifs is 1. The minimum Gasteiger partial charge on any atom is -0.312 e. The summed E-state index contributed by atoms with van der Waals surface area (Å²) in [5, 5.41) is 3.48. The molecule has 1 aromatic rings. The number of nitrogens with zero attached hydrogens (tertiary/aromatic N) is 2. The van der Waals surface area contributed by atoms with Gasteiger partial charge >= 0.3 is 0 Å². The van der Waals surface area contributed by atoms with Crippen LogP contribution in [0.15, 0.2) is 18.2 Å². The van der Waals surface area contributed by atoms with Crippen LogP contribution >= 0.6 is 0 Å². The lowest BCUT2D eigenvalue weighted by molar-refractivity contribution is 0.156. The Morgan fingerprint density at radius 1 is 1.24 bits per heavy atom. The molecule has 0 aliphatic carbocycles. The van der Waals surface area contributed by atoms with Gasteiger partial charge in [0.2, 0.25) is 0 Å². The second kappa shape index (κ2) is 6.91. The van der Waals surface area contributed by atoms with Gasteiger partial charge in [0.25, 0.3) is 0 Å². The SMILES string of the molecule is CN(C)CC1CCN(Cc2cccc3c2CCNC3)CC1. The second-order valence-corrected chi connectivity index (χ2v) is 6.96. The Morgan fingerprint density at radius 2 is 2.05 bits per heavy atom. The van der Waals surface area contributed by atoms with E-state index in [9.17, 15) is 0 Å². The molecule has 0 atom stereocenters. The summed E-state index contributed by atoms with van der Waals surface area (Å²) in [6.45, 7) is 7.11. The molecule has 21 heavy (non-hydrogen) atoms. The number of piperidine rings is 1. The van der Waals surface area contributed by atoms with E-state index in [2.05, 4.69) is 47.4 Å². The van der Waals surface area contributed by atoms with Crippen LogP contribution in [0.25, 0.3) is 0 Å². The first-order chi connectivity index (χ1) is 10.2. The average molecular weight is 287 g/mol. The third-order valence-electron chi connectivity index (χ3n) is 4.96. The highest BCUT2D eigenvalue weighted by Crippen LogP contribution is 2.23. The van der Waals surface area contributed by atoms with Crippen molar-refractivity contribution in [3.05, 3.63) is 34.9 Å². The summed E-state index contributed by atoms with van der Waals surface area (Å²) in [7, 11) is 4.38. The van der Waals surface area contributed by atoms with E-state index in [1.165, 1.54) is 44.5 Å². The van der Waals surface area contributed by atoms with Gasteiger partial charge in [-0.05, 0) is 75.6 Å². The monoisotopic (exact) mass is 287 g/mol. The summed E-state index contributed by atoms with van der Waals surface area (Å²) >= 11 is 0. The van der Waals surface area contributed by atoms with E-state index >= 15 is 0 Å². The maximum Gasteiger partial charge on any atom is 0.0236 e. The van der Waals surface area contributed by atoms with Crippen molar-refractivity contribution >= 4 is 0 Å². The van der Waals surface area contributed by atoms with E-state index < -0.39 is 0 Å². The van der Waals surface area contributed by atoms with Crippen molar-refractivity contribution in [2.45, 2.75) is 32.4 Å². The summed E-state index contributed by atoms with van der Waals surface area (Å²) in [6, 6.07) is 6.87. The van der Waals surface area contributed by atoms with Crippen molar-refractivity contribution in [2.75, 3.05) is 40.3 Å². The first-order valence-corrected chi connectivity index (χ1v) is 8.40. The Balaban J connectivity index is 1.58. The molecule has 0 radical (unpaired) electrons. The average Bonchev–Trinajstić information content (AvgIpc) is 2.49. The summed E-state index contributed by atoms with van der Waals surface area (Å²) in [4.78, 5) is 4.99. The van der Waals surface area contributed by atoms with Crippen LogP contribution in [-0.4, -0.2) is 50.1 Å². The number of nitrogens with one attached hydrogen (secondary N) is 1. The third-order valence-corrected chi connectivity index (χ3v) is 4.96. The molecule has 0 spiro atoms. The van der Waals surface area contributed by atoms with Crippen molar-refractivity contribution < 1.29 is 0 Å². The lowest BCUT2D eigenvalue weighted by Crippen LogP contribution is -2.37. The van der Waals surface area contributed by atoms with E-state index in [1.807, 2.05) is 0 Å². The number of hydrogen-bond donors (Lipinski definition) is 1. The fourth-order valence-electron chi connectivity index (χ4n) is 3.84. The Hall–Kier alpha value is -0.900. The minimum absolute atomic E-state index is 0.894. The fraction of sp³-hybridized carbons (Fsp3) is 0.667. The normalized spacial score (nSPS) is 20.7. The highest BCUT2D eigenvalue weighted by atomic mass is 15.1. The molecular formula is C18H29N3. The highest BCUT2D eigenvalue weighted by molar-refractivity contribution is 5.37. The highest BCUT2D eigenvalue weighted by Gasteiger charge is 2.21. The Bertz CT molecular complexity index is 462. The van der Waals surface area contributed by atoms with Crippen LogP contribution in [0.4, 0.5) is 0 Å². The van der Waals surface area contributed by atoms with E-state index in [0.717, 1.165) is 25.6 Å². The Morgan fingerprint density at radius 3 is 2.81 bits per heavy atom. The van der Waals surface area contributed by atoms with Crippen LogP contribution in [0.5, 0.6) is 0 Å². The van der Waals surface area contributed by atoms with Crippen LogP contribution in [-0.2, 0) is 19.5 Å². The van der Waals surface area contributed by atoms with Crippen molar-refractivity contribution in [3.63, 3.8) is 0 Å². The van der Waals surface area contributed by atoms with Gasteiger partial charge in [0.15, 0.2) is 0 Å². The zero-order chi connectivity index (χ0) is 14.7. The predicted molar refractivity (Wildman–Crippen MR) is 88.4 cm³/mol. The second-order valence-electron chi connectivity index (χ2n) is 6.96. The molecule has 3 nitrogen and oxygen atoms in total. The molecule has 0 bridgehead atoms. The minimum atomic E-state index is 0.894. The zero-order valence-corrected chi connectivity index (χ0v) is 13.6. The van der Waals surface area contributed by atoms with E-state index in [4.69, 9.17) is 0 Å². The summed E-state index contributed by atoms with van der Waals surface area (Å²) in [5.74, 6) is 0.894. The molecule has 0 saturated carbocycles. The van der Waals surface area contributed by atoms with Gasteiger partial charge in [-0.25, -0.2) is 0 Å². The summed E-state index contributed by atoms with van der Waals surface area (Å²) in [5.41, 5.74) is 4.70. The topological polar surface area (TPSA) is 18.5 Å². The first kappa shape index (κ1) is 15.0. The summed E-state index contributed by atoms with van der Waals surface area (Å²) in [6.07, 6.45) is 3.91. The first-order valence-electron chi connectivity index (χ1n) is 8.40. The van der Waals surface area contributed by atoms with E-state index in [1.54, 1.807) is 11.1 Å². The molecule has 2 aliphatic rings. The molecule has 116 valence electrons. The van der Waals surface area contributed by atoms with Gasteiger partial charge in [0.1, 0.15) is 0 Å². The summed E-state index contributed by atoms with van der Waals surface area (Å²) < 4.78 is 0. The number of hydrogen-bond acceptors (Lipinski definition) is 3. The molecule has 1 N–H and O–H groups in total. The van der Waals surface area contributed by atoms with Crippen molar-refractivity contribution in [1.82, 2.24) is 15.1 Å². The largest absolute Gasteiger partial charge is 0.312 e. The van der Waals surface area contributed by atoms with Gasteiger partial charge in [-0.15, -0.1) is 0 Å². The molecule has 3 heteroatoms. The molecule has 1 aromatic carbocycles. The molecule has 2 aliphatic heterocycles. The lowest BCUT2D eigenvalue weighted by Gasteiger charge is -2.34. The maximum atomic E-state index is 3.48. The third kappa shape index (κ3) is 3.85. The molecule has 0 aromatic heterocycles. The van der Waals surface area contributed by atoms with Crippen molar-refractivity contribution in [1.29, 1.82) is 0 Å². The molecule has 2 heterocycles. The maximum absolute atomic E-state index is 3.48. The lowest BCUT2D eigenvalue weighted by atomic mass is 9.93. The zero-order valence-electron chi connectivity index (χ0n) is 13.6. The van der Waals surface area contributed by atoms with Crippen LogP contribution in [0.1, 0.15) is 29.5 Å². The van der Waals surface area contributed by atoms with E-state index in [0.29, 0.717) is 0 Å². The van der Waals surface area contributed by atoms with Crippen molar-refractivity contribution in [3.8, 4) is 0 Å². The van der Waals surface area contributed by atoms with E-state index in [-0.39, 0.29) is 0 Å². The fourth-order valence-corrected chi connectivity index (χ4v) is 3.84. The van der Waals surface area contributed by atoms with Crippen LogP contribution < -0.4 is 5.32 Å². The number of benzene rings is 1. The van der Waals surface area contributed by atoms with Crippen LogP contribution in [0.2, 0.25) is 0 Å². The Kier molecular flexibility index (Phi) is 4.94.